The standard InChI is InChI=1S/C16H20N2O/c1-11-6-8-12(9-7-11)10-17-18-16(19)15-13-4-2-3-5-14(13)15/h6-10,13-15H,2-5H2,1H3,(H,18,19)/b17-10-/t13-,14+,15?. The van der Waals surface area contributed by atoms with Crippen LogP contribution in [0.15, 0.2) is 29.4 Å². The van der Waals surface area contributed by atoms with Crippen molar-refractivity contribution in [2.45, 2.75) is 32.6 Å². The molecule has 0 radical (unpaired) electrons. The molecule has 19 heavy (non-hydrogen) atoms. The van der Waals surface area contributed by atoms with Crippen LogP contribution in [-0.4, -0.2) is 12.1 Å². The van der Waals surface area contributed by atoms with E-state index in [0.29, 0.717) is 11.8 Å². The van der Waals surface area contributed by atoms with Gasteiger partial charge in [0.05, 0.1) is 6.21 Å². The van der Waals surface area contributed by atoms with Gasteiger partial charge in [0, 0.05) is 5.92 Å². The van der Waals surface area contributed by atoms with Gasteiger partial charge in [-0.1, -0.05) is 42.7 Å². The van der Waals surface area contributed by atoms with Gasteiger partial charge in [0.25, 0.3) is 0 Å². The van der Waals surface area contributed by atoms with Crippen molar-refractivity contribution >= 4 is 12.1 Å². The number of carbonyl (C=O) groups is 1. The molecular weight excluding hydrogens is 236 g/mol. The van der Waals surface area contributed by atoms with Crippen molar-refractivity contribution in [3.8, 4) is 0 Å². The Hall–Kier alpha value is -1.64. The predicted molar refractivity (Wildman–Crippen MR) is 75.9 cm³/mol. The van der Waals surface area contributed by atoms with Gasteiger partial charge in [-0.3, -0.25) is 4.79 Å². The Morgan fingerprint density at radius 3 is 2.47 bits per heavy atom. The van der Waals surface area contributed by atoms with E-state index >= 15 is 0 Å². The Balaban J connectivity index is 1.52. The second-order valence-corrected chi connectivity index (χ2v) is 5.78. The lowest BCUT2D eigenvalue weighted by molar-refractivity contribution is -0.122. The van der Waals surface area contributed by atoms with Gasteiger partial charge < -0.3 is 0 Å². The molecule has 2 fully saturated rings. The lowest BCUT2D eigenvalue weighted by atomic mass is 10.0. The van der Waals surface area contributed by atoms with Gasteiger partial charge in [-0.2, -0.15) is 5.10 Å². The van der Waals surface area contributed by atoms with E-state index in [2.05, 4.69) is 17.5 Å². The highest BCUT2D eigenvalue weighted by atomic mass is 16.2. The van der Waals surface area contributed by atoms with Crippen LogP contribution in [0.4, 0.5) is 0 Å². The first-order valence-corrected chi connectivity index (χ1v) is 7.15. The summed E-state index contributed by atoms with van der Waals surface area (Å²) >= 11 is 0. The number of aryl methyl sites for hydroxylation is 1. The fraction of sp³-hybridized carbons (Fsp3) is 0.500. The molecule has 1 aromatic carbocycles. The number of carbonyl (C=O) groups excluding carboxylic acids is 1. The number of fused-ring (bicyclic) bond motifs is 1. The molecule has 3 atom stereocenters. The molecule has 1 unspecified atom stereocenters. The summed E-state index contributed by atoms with van der Waals surface area (Å²) in [6, 6.07) is 8.08. The van der Waals surface area contributed by atoms with E-state index in [1.807, 2.05) is 24.3 Å². The minimum Gasteiger partial charge on any atom is -0.273 e. The topological polar surface area (TPSA) is 41.5 Å². The maximum Gasteiger partial charge on any atom is 0.243 e. The third kappa shape index (κ3) is 2.70. The van der Waals surface area contributed by atoms with Gasteiger partial charge in [0.15, 0.2) is 0 Å². The van der Waals surface area contributed by atoms with Crippen molar-refractivity contribution in [3.63, 3.8) is 0 Å². The second kappa shape index (κ2) is 5.16. The van der Waals surface area contributed by atoms with Crippen molar-refractivity contribution in [1.29, 1.82) is 0 Å². The van der Waals surface area contributed by atoms with Crippen LogP contribution in [0, 0.1) is 24.7 Å². The highest BCUT2D eigenvalue weighted by Crippen LogP contribution is 2.55. The van der Waals surface area contributed by atoms with Gasteiger partial charge in [-0.05, 0) is 37.2 Å². The van der Waals surface area contributed by atoms with Crippen LogP contribution in [0.2, 0.25) is 0 Å². The minimum atomic E-state index is 0.111. The number of hydrazone groups is 1. The van der Waals surface area contributed by atoms with Crippen molar-refractivity contribution in [2.75, 3.05) is 0 Å². The normalized spacial score (nSPS) is 29.0. The van der Waals surface area contributed by atoms with Crippen LogP contribution in [-0.2, 0) is 4.79 Å². The van der Waals surface area contributed by atoms with Crippen LogP contribution in [0.3, 0.4) is 0 Å². The first-order chi connectivity index (χ1) is 9.25. The smallest absolute Gasteiger partial charge is 0.243 e. The van der Waals surface area contributed by atoms with Gasteiger partial charge in [0.1, 0.15) is 0 Å². The molecule has 0 heterocycles. The highest BCUT2D eigenvalue weighted by Gasteiger charge is 2.54. The summed E-state index contributed by atoms with van der Waals surface area (Å²) in [4.78, 5) is 12.0. The van der Waals surface area contributed by atoms with Crippen molar-refractivity contribution in [1.82, 2.24) is 5.43 Å². The van der Waals surface area contributed by atoms with Gasteiger partial charge in [-0.25, -0.2) is 5.43 Å². The van der Waals surface area contributed by atoms with E-state index in [9.17, 15) is 4.79 Å². The van der Waals surface area contributed by atoms with Gasteiger partial charge >= 0.3 is 0 Å². The maximum atomic E-state index is 12.0. The van der Waals surface area contributed by atoms with E-state index in [0.717, 1.165) is 5.56 Å². The van der Waals surface area contributed by atoms with Crippen molar-refractivity contribution in [2.24, 2.45) is 22.9 Å². The molecule has 3 rings (SSSR count). The molecular formula is C16H20N2O. The van der Waals surface area contributed by atoms with Crippen LogP contribution in [0.25, 0.3) is 0 Å². The predicted octanol–water partition coefficient (Wildman–Crippen LogP) is 2.88. The Labute approximate surface area is 114 Å². The van der Waals surface area contributed by atoms with Crippen molar-refractivity contribution in [3.05, 3.63) is 35.4 Å². The monoisotopic (exact) mass is 256 g/mol. The molecule has 0 saturated heterocycles. The zero-order chi connectivity index (χ0) is 13.2. The first-order valence-electron chi connectivity index (χ1n) is 7.15. The maximum absolute atomic E-state index is 12.0. The van der Waals surface area contributed by atoms with Crippen LogP contribution >= 0.6 is 0 Å². The first kappa shape index (κ1) is 12.4. The molecule has 0 aliphatic heterocycles. The number of hydrogen-bond donors (Lipinski definition) is 1. The summed E-state index contributed by atoms with van der Waals surface area (Å²) in [5.74, 6) is 1.63. The molecule has 1 aromatic rings. The molecule has 2 saturated carbocycles. The fourth-order valence-electron chi connectivity index (χ4n) is 3.28. The summed E-state index contributed by atoms with van der Waals surface area (Å²) < 4.78 is 0. The molecule has 100 valence electrons. The van der Waals surface area contributed by atoms with E-state index in [4.69, 9.17) is 0 Å². The number of hydrogen-bond acceptors (Lipinski definition) is 2. The number of rotatable bonds is 3. The van der Waals surface area contributed by atoms with Crippen LogP contribution in [0.1, 0.15) is 36.8 Å². The summed E-state index contributed by atoms with van der Waals surface area (Å²) in [5.41, 5.74) is 4.93. The quantitative estimate of drug-likeness (QED) is 0.655. The van der Waals surface area contributed by atoms with Crippen LogP contribution in [0.5, 0.6) is 0 Å². The van der Waals surface area contributed by atoms with Gasteiger partial charge in [-0.15, -0.1) is 0 Å². The molecule has 0 bridgehead atoms. The van der Waals surface area contributed by atoms with E-state index in [-0.39, 0.29) is 11.8 Å². The molecule has 2 aliphatic rings. The summed E-state index contributed by atoms with van der Waals surface area (Å²) in [6.07, 6.45) is 6.74. The Bertz CT molecular complexity index is 480. The SMILES string of the molecule is Cc1ccc(/C=N\NC(=O)C2[C@H]3CCCC[C@@H]23)cc1. The zero-order valence-electron chi connectivity index (χ0n) is 11.3. The molecule has 0 spiro atoms. The average molecular weight is 256 g/mol. The molecule has 0 aromatic heterocycles. The molecule has 3 nitrogen and oxygen atoms in total. The fourth-order valence-corrected chi connectivity index (χ4v) is 3.28. The van der Waals surface area contributed by atoms with Crippen molar-refractivity contribution < 1.29 is 4.79 Å². The largest absolute Gasteiger partial charge is 0.273 e. The number of nitrogens with zero attached hydrogens (tertiary/aromatic N) is 1. The number of amides is 1. The third-order valence-electron chi connectivity index (χ3n) is 4.42. The zero-order valence-corrected chi connectivity index (χ0v) is 11.3. The molecule has 1 N–H and O–H groups in total. The second-order valence-electron chi connectivity index (χ2n) is 5.78. The number of benzene rings is 1. The lowest BCUT2D eigenvalue weighted by Crippen LogP contribution is -2.20. The minimum absolute atomic E-state index is 0.111. The third-order valence-corrected chi connectivity index (χ3v) is 4.42. The summed E-state index contributed by atoms with van der Waals surface area (Å²) in [6.45, 7) is 2.05. The Kier molecular flexibility index (Phi) is 3.36. The Morgan fingerprint density at radius 1 is 1.21 bits per heavy atom. The summed E-state index contributed by atoms with van der Waals surface area (Å²) in [7, 11) is 0. The van der Waals surface area contributed by atoms with E-state index in [1.54, 1.807) is 6.21 Å². The molecule has 1 amide bonds. The summed E-state index contributed by atoms with van der Waals surface area (Å²) in [5, 5.41) is 4.07. The van der Waals surface area contributed by atoms with E-state index < -0.39 is 0 Å². The molecule has 2 aliphatic carbocycles. The lowest BCUT2D eigenvalue weighted by Gasteiger charge is -2.04. The van der Waals surface area contributed by atoms with Gasteiger partial charge in [0.2, 0.25) is 5.91 Å². The highest BCUT2D eigenvalue weighted by molar-refractivity contribution is 5.85. The Morgan fingerprint density at radius 2 is 1.84 bits per heavy atom. The number of nitrogens with one attached hydrogen (secondary N) is 1. The average Bonchev–Trinajstić information content (AvgIpc) is 3.15. The van der Waals surface area contributed by atoms with E-state index in [1.165, 1.54) is 31.2 Å². The van der Waals surface area contributed by atoms with Crippen LogP contribution < -0.4 is 5.43 Å². The molecule has 3 heteroatoms.